The van der Waals surface area contributed by atoms with Gasteiger partial charge in [-0.15, -0.1) is 0 Å². The summed E-state index contributed by atoms with van der Waals surface area (Å²) in [5.41, 5.74) is -0.0791. The molecule has 0 aromatic heterocycles. The fourth-order valence-corrected chi connectivity index (χ4v) is 2.46. The Morgan fingerprint density at radius 3 is 2.62 bits per heavy atom. The Hall–Kier alpha value is -0.610. The van der Waals surface area contributed by atoms with Crippen molar-refractivity contribution in [2.24, 2.45) is 0 Å². The number of carbonyl (C=O) groups excluding carboxylic acids is 1. The van der Waals surface area contributed by atoms with Gasteiger partial charge in [-0.3, -0.25) is 9.69 Å². The lowest BCUT2D eigenvalue weighted by Gasteiger charge is -2.37. The maximum absolute atomic E-state index is 12.4. The van der Waals surface area contributed by atoms with E-state index in [1.54, 1.807) is 0 Å². The average Bonchev–Trinajstić information content (AvgIpc) is 2.29. The van der Waals surface area contributed by atoms with E-state index in [-0.39, 0.29) is 24.1 Å². The van der Waals surface area contributed by atoms with Gasteiger partial charge < -0.3 is 10.0 Å². The monoisotopic (exact) mass is 228 g/mol. The fourth-order valence-electron chi connectivity index (χ4n) is 2.46. The molecule has 1 aliphatic rings. The number of nitrogens with zero attached hydrogens (tertiary/aromatic N) is 2. The van der Waals surface area contributed by atoms with E-state index in [9.17, 15) is 4.79 Å². The number of aliphatic hydroxyl groups excluding tert-OH is 1. The summed E-state index contributed by atoms with van der Waals surface area (Å²) in [7, 11) is 1.97. The molecule has 1 saturated heterocycles. The summed E-state index contributed by atoms with van der Waals surface area (Å²) in [6, 6.07) is -0.160. The van der Waals surface area contributed by atoms with Crippen molar-refractivity contribution in [3.8, 4) is 0 Å². The summed E-state index contributed by atoms with van der Waals surface area (Å²) >= 11 is 0. The molecule has 0 saturated carbocycles. The van der Waals surface area contributed by atoms with Crippen molar-refractivity contribution in [1.82, 2.24) is 9.80 Å². The van der Waals surface area contributed by atoms with Crippen molar-refractivity contribution >= 4 is 5.91 Å². The largest absolute Gasteiger partial charge is 0.396 e. The minimum absolute atomic E-state index is 0.0682. The second-order valence-corrected chi connectivity index (χ2v) is 5.15. The number of rotatable bonds is 3. The molecule has 0 aliphatic carbocycles. The lowest BCUT2D eigenvalue weighted by Crippen LogP contribution is -2.51. The molecule has 0 aromatic carbocycles. The number of hydrogen-bond acceptors (Lipinski definition) is 3. The average molecular weight is 228 g/mol. The van der Waals surface area contributed by atoms with Crippen molar-refractivity contribution < 1.29 is 9.90 Å². The van der Waals surface area contributed by atoms with Crippen LogP contribution in [0.3, 0.4) is 0 Å². The third-order valence-electron chi connectivity index (χ3n) is 3.61. The molecule has 4 nitrogen and oxygen atoms in total. The van der Waals surface area contributed by atoms with Crippen LogP contribution in [0.15, 0.2) is 0 Å². The van der Waals surface area contributed by atoms with Crippen molar-refractivity contribution in [1.29, 1.82) is 0 Å². The Kier molecular flexibility index (Phi) is 4.33. The lowest BCUT2D eigenvalue weighted by atomic mass is 9.98. The van der Waals surface area contributed by atoms with Crippen LogP contribution in [0.2, 0.25) is 0 Å². The van der Waals surface area contributed by atoms with Gasteiger partial charge in [0.15, 0.2) is 0 Å². The van der Waals surface area contributed by atoms with Crippen LogP contribution in [0.5, 0.6) is 0 Å². The molecule has 0 aromatic rings. The van der Waals surface area contributed by atoms with Gasteiger partial charge in [0, 0.05) is 25.2 Å². The van der Waals surface area contributed by atoms with Crippen LogP contribution in [0, 0.1) is 0 Å². The first-order chi connectivity index (χ1) is 7.44. The maximum atomic E-state index is 12.4. The van der Waals surface area contributed by atoms with Crippen LogP contribution < -0.4 is 0 Å². The highest BCUT2D eigenvalue weighted by molar-refractivity contribution is 5.82. The first kappa shape index (κ1) is 13.5. The standard InChI is InChI=1S/C12H24N2O2/c1-5-14-11(16)10(6-9-15)13(4)8-7-12(14,2)3/h10,15H,5-9H2,1-4H3. The van der Waals surface area contributed by atoms with E-state index in [0.29, 0.717) is 6.42 Å². The Morgan fingerprint density at radius 1 is 1.50 bits per heavy atom. The molecule has 1 N–H and O–H groups in total. The molecule has 1 heterocycles. The van der Waals surface area contributed by atoms with E-state index in [2.05, 4.69) is 18.7 Å². The second-order valence-electron chi connectivity index (χ2n) is 5.15. The SMILES string of the molecule is CCN1C(=O)C(CCO)N(C)CCC1(C)C. The fraction of sp³-hybridized carbons (Fsp3) is 0.917. The van der Waals surface area contributed by atoms with Crippen LogP contribution in [0.25, 0.3) is 0 Å². The Balaban J connectivity index is 2.93. The highest BCUT2D eigenvalue weighted by atomic mass is 16.3. The molecule has 94 valence electrons. The highest BCUT2D eigenvalue weighted by Crippen LogP contribution is 2.25. The van der Waals surface area contributed by atoms with Crippen molar-refractivity contribution in [2.45, 2.75) is 45.2 Å². The first-order valence-electron chi connectivity index (χ1n) is 6.06. The minimum Gasteiger partial charge on any atom is -0.396 e. The van der Waals surface area contributed by atoms with Gasteiger partial charge in [-0.25, -0.2) is 0 Å². The van der Waals surface area contributed by atoms with Crippen molar-refractivity contribution in [2.75, 3.05) is 26.7 Å². The van der Waals surface area contributed by atoms with E-state index in [1.165, 1.54) is 0 Å². The number of hydrogen-bond donors (Lipinski definition) is 1. The smallest absolute Gasteiger partial charge is 0.240 e. The zero-order valence-corrected chi connectivity index (χ0v) is 10.9. The van der Waals surface area contributed by atoms with E-state index in [4.69, 9.17) is 5.11 Å². The zero-order valence-electron chi connectivity index (χ0n) is 10.9. The zero-order chi connectivity index (χ0) is 12.3. The van der Waals surface area contributed by atoms with Gasteiger partial charge in [-0.1, -0.05) is 0 Å². The Bertz CT molecular complexity index is 253. The molecule has 1 aliphatic heterocycles. The van der Waals surface area contributed by atoms with Gasteiger partial charge in [0.2, 0.25) is 5.91 Å². The quantitative estimate of drug-likeness (QED) is 0.773. The summed E-state index contributed by atoms with van der Waals surface area (Å²) in [4.78, 5) is 16.4. The minimum atomic E-state index is -0.160. The van der Waals surface area contributed by atoms with E-state index >= 15 is 0 Å². The van der Waals surface area contributed by atoms with Gasteiger partial charge in [-0.05, 0) is 40.7 Å². The van der Waals surface area contributed by atoms with Crippen molar-refractivity contribution in [3.63, 3.8) is 0 Å². The first-order valence-corrected chi connectivity index (χ1v) is 6.06. The van der Waals surface area contributed by atoms with Crippen LogP contribution in [0.4, 0.5) is 0 Å². The molecule has 1 rings (SSSR count). The molecular formula is C12H24N2O2. The number of likely N-dealkylation sites (N-methyl/N-ethyl adjacent to an activating group) is 2. The summed E-state index contributed by atoms with van der Waals surface area (Å²) in [5.74, 6) is 0.154. The van der Waals surface area contributed by atoms with E-state index in [1.807, 2.05) is 18.9 Å². The number of aliphatic hydroxyl groups is 1. The van der Waals surface area contributed by atoms with E-state index in [0.717, 1.165) is 19.5 Å². The Labute approximate surface area is 98.2 Å². The van der Waals surface area contributed by atoms with Crippen LogP contribution >= 0.6 is 0 Å². The maximum Gasteiger partial charge on any atom is 0.240 e. The highest BCUT2D eigenvalue weighted by Gasteiger charge is 2.38. The summed E-state index contributed by atoms with van der Waals surface area (Å²) in [6.07, 6.45) is 1.51. The van der Waals surface area contributed by atoms with Gasteiger partial charge >= 0.3 is 0 Å². The number of carbonyl (C=O) groups is 1. The predicted molar refractivity (Wildman–Crippen MR) is 64.2 cm³/mol. The normalized spacial score (nSPS) is 26.9. The van der Waals surface area contributed by atoms with Crippen LogP contribution in [-0.4, -0.2) is 59.1 Å². The predicted octanol–water partition coefficient (Wildman–Crippen LogP) is 0.700. The molecule has 0 radical (unpaired) electrons. The third kappa shape index (κ3) is 2.55. The molecule has 16 heavy (non-hydrogen) atoms. The summed E-state index contributed by atoms with van der Waals surface area (Å²) < 4.78 is 0. The molecule has 4 heteroatoms. The number of amides is 1. The van der Waals surface area contributed by atoms with Gasteiger partial charge in [-0.2, -0.15) is 0 Å². The molecule has 1 fully saturated rings. The van der Waals surface area contributed by atoms with Crippen molar-refractivity contribution in [3.05, 3.63) is 0 Å². The van der Waals surface area contributed by atoms with Gasteiger partial charge in [0.25, 0.3) is 0 Å². The third-order valence-corrected chi connectivity index (χ3v) is 3.61. The molecular weight excluding hydrogens is 204 g/mol. The van der Waals surface area contributed by atoms with Crippen LogP contribution in [0.1, 0.15) is 33.6 Å². The summed E-state index contributed by atoms with van der Waals surface area (Å²) in [5, 5.41) is 9.04. The Morgan fingerprint density at radius 2 is 2.12 bits per heavy atom. The molecule has 1 unspecified atom stereocenters. The molecule has 0 spiro atoms. The molecule has 1 atom stereocenters. The van der Waals surface area contributed by atoms with E-state index < -0.39 is 0 Å². The lowest BCUT2D eigenvalue weighted by molar-refractivity contribution is -0.139. The molecule has 0 bridgehead atoms. The second kappa shape index (κ2) is 5.15. The summed E-state index contributed by atoms with van der Waals surface area (Å²) in [6.45, 7) is 7.95. The van der Waals surface area contributed by atoms with Gasteiger partial charge in [0.05, 0.1) is 6.04 Å². The van der Waals surface area contributed by atoms with Crippen LogP contribution in [-0.2, 0) is 4.79 Å². The topological polar surface area (TPSA) is 43.8 Å². The van der Waals surface area contributed by atoms with Gasteiger partial charge in [0.1, 0.15) is 0 Å². The molecule has 1 amide bonds.